The minimum atomic E-state index is -0.716. The molecule has 1 aliphatic rings. The van der Waals surface area contributed by atoms with Crippen molar-refractivity contribution in [2.24, 2.45) is 0 Å². The van der Waals surface area contributed by atoms with E-state index < -0.39 is 17.7 Å². The van der Waals surface area contributed by atoms with Crippen molar-refractivity contribution in [2.75, 3.05) is 66.3 Å². The van der Waals surface area contributed by atoms with Crippen LogP contribution in [0.2, 0.25) is 10.0 Å². The molecule has 58 heavy (non-hydrogen) atoms. The number of nitrogens with zero attached hydrogens (tertiary/aromatic N) is 6. The number of methoxy groups -OCH3 is 1. The summed E-state index contributed by atoms with van der Waals surface area (Å²) in [5, 5.41) is 12.3. The maximum Gasteiger partial charge on any atom is 0.415 e. The highest BCUT2D eigenvalue weighted by atomic mass is 35.5. The van der Waals surface area contributed by atoms with Crippen LogP contribution in [0.3, 0.4) is 0 Å². The van der Waals surface area contributed by atoms with Gasteiger partial charge in [0.1, 0.15) is 11.6 Å². The van der Waals surface area contributed by atoms with Crippen molar-refractivity contribution in [1.29, 1.82) is 0 Å². The lowest BCUT2D eigenvalue weighted by Gasteiger charge is -2.40. The average molecular weight is 836 g/mol. The van der Waals surface area contributed by atoms with Crippen molar-refractivity contribution in [3.63, 3.8) is 0 Å². The van der Waals surface area contributed by atoms with E-state index in [0.29, 0.717) is 72.6 Å². The van der Waals surface area contributed by atoms with E-state index in [1.807, 2.05) is 30.3 Å². The number of fused-ring (bicyclic) bond motifs is 1. The number of benzene rings is 3. The smallest absolute Gasteiger partial charge is 0.409 e. The molecule has 3 aromatic carbocycles. The van der Waals surface area contributed by atoms with Crippen molar-refractivity contribution < 1.29 is 33.3 Å². The van der Waals surface area contributed by atoms with Crippen LogP contribution in [0.1, 0.15) is 17.7 Å². The minimum absolute atomic E-state index is 0.0653. The number of carbonyl (C=O) groups excluding carboxylic acids is 3. The van der Waals surface area contributed by atoms with Gasteiger partial charge in [-0.3, -0.25) is 19.3 Å². The molecule has 18 heteroatoms. The van der Waals surface area contributed by atoms with E-state index in [-0.39, 0.29) is 68.0 Å². The summed E-state index contributed by atoms with van der Waals surface area (Å²) in [7, 11) is 1.62. The molecule has 1 unspecified atom stereocenters. The Morgan fingerprint density at radius 2 is 1.69 bits per heavy atom. The second kappa shape index (κ2) is 20.9. The number of hydrogen-bond acceptors (Lipinski definition) is 11. The molecule has 3 heterocycles. The lowest BCUT2D eigenvalue weighted by molar-refractivity contribution is -0.133. The lowest BCUT2D eigenvalue weighted by Crippen LogP contribution is -2.60. The molecule has 0 saturated carbocycles. The number of ether oxygens (including phenoxy) is 4. The van der Waals surface area contributed by atoms with Crippen LogP contribution in [-0.4, -0.2) is 125 Å². The normalized spacial score (nSPS) is 14.2. The monoisotopic (exact) mass is 834 g/mol. The Labute approximate surface area is 344 Å². The van der Waals surface area contributed by atoms with Crippen LogP contribution in [0.4, 0.5) is 4.79 Å². The summed E-state index contributed by atoms with van der Waals surface area (Å²) < 4.78 is 23.5. The van der Waals surface area contributed by atoms with Crippen LogP contribution in [0.25, 0.3) is 22.3 Å². The second-order valence-electron chi connectivity index (χ2n) is 13.4. The highest BCUT2D eigenvalue weighted by Crippen LogP contribution is 2.32. The third-order valence-corrected chi connectivity index (χ3v) is 9.79. The Bertz CT molecular complexity index is 2240. The number of hydrogen-bond donors (Lipinski definition) is 2. The maximum atomic E-state index is 14.0. The third kappa shape index (κ3) is 11.8. The first kappa shape index (κ1) is 42.2. The van der Waals surface area contributed by atoms with Crippen molar-refractivity contribution in [1.82, 2.24) is 40.1 Å². The summed E-state index contributed by atoms with van der Waals surface area (Å²) in [5.41, 5.74) is 1.73. The van der Waals surface area contributed by atoms with Gasteiger partial charge in [0.2, 0.25) is 11.8 Å². The average Bonchev–Trinajstić information content (AvgIpc) is 3.68. The summed E-state index contributed by atoms with van der Waals surface area (Å²) in [6, 6.07) is 18.0. The highest BCUT2D eigenvalue weighted by molar-refractivity contribution is 6.31. The Kier molecular flexibility index (Phi) is 15.2. The zero-order chi connectivity index (χ0) is 40.9. The summed E-state index contributed by atoms with van der Waals surface area (Å²) >= 11 is 12.5. The van der Waals surface area contributed by atoms with Crippen LogP contribution in [-0.2, 0) is 43.2 Å². The molecular weight excluding hydrogens is 791 g/mol. The van der Waals surface area contributed by atoms with Gasteiger partial charge in [0, 0.05) is 62.4 Å². The van der Waals surface area contributed by atoms with E-state index in [0.717, 1.165) is 5.56 Å². The molecule has 306 valence electrons. The zero-order valence-corrected chi connectivity index (χ0v) is 33.4. The number of halogens is 2. The summed E-state index contributed by atoms with van der Waals surface area (Å²) in [6.07, 6.45) is 1.75. The summed E-state index contributed by atoms with van der Waals surface area (Å²) in [5.74, 6) is -0.131. The van der Waals surface area contributed by atoms with Crippen molar-refractivity contribution in [3.05, 3.63) is 105 Å². The van der Waals surface area contributed by atoms with Gasteiger partial charge >= 0.3 is 6.09 Å². The molecule has 0 radical (unpaired) electrons. The topological polar surface area (TPSA) is 183 Å². The van der Waals surface area contributed by atoms with Gasteiger partial charge < -0.3 is 34.1 Å². The van der Waals surface area contributed by atoms with Crippen LogP contribution < -0.4 is 15.6 Å². The molecule has 3 amide bonds. The maximum absolute atomic E-state index is 14.0. The number of piperazine rings is 1. The number of H-pyrrole nitrogens is 1. The standard InChI is InChI=1S/C40H44Cl2N8O8/c1-55-17-18-57-20-19-56-16-15-49-25-30(46-47-49)9-12-37(52)48-13-14-50(31(26-48)24-43-36(51)21-27-5-3-2-4-6-27)40(54)58-35-11-8-29(42)23-33(35)38-44-34-10-7-28(41)22-32(34)39(53)45-38/h2-8,10-11,22-23,25,31H,9,12-21,24,26H2,1H3,(H,43,51)(H,44,45,53). The number of carbonyl (C=O) groups is 3. The van der Waals surface area contributed by atoms with E-state index in [1.165, 1.54) is 23.1 Å². The fraction of sp³-hybridized carbons (Fsp3) is 0.375. The molecule has 1 atom stereocenters. The van der Waals surface area contributed by atoms with Gasteiger partial charge in [0.15, 0.2) is 0 Å². The molecule has 1 aliphatic heterocycles. The van der Waals surface area contributed by atoms with Crippen LogP contribution in [0, 0.1) is 0 Å². The molecule has 16 nitrogen and oxygen atoms in total. The Balaban J connectivity index is 1.10. The fourth-order valence-corrected chi connectivity index (χ4v) is 6.66. The number of aromatic amines is 1. The number of rotatable bonds is 18. The summed E-state index contributed by atoms with van der Waals surface area (Å²) in [4.78, 5) is 64.0. The molecular formula is C40H44Cl2N8O8. The van der Waals surface area contributed by atoms with E-state index in [1.54, 1.807) is 41.1 Å². The predicted molar refractivity (Wildman–Crippen MR) is 216 cm³/mol. The van der Waals surface area contributed by atoms with Gasteiger partial charge in [-0.25, -0.2) is 14.5 Å². The van der Waals surface area contributed by atoms with E-state index >= 15 is 0 Å². The van der Waals surface area contributed by atoms with Crippen molar-refractivity contribution in [2.45, 2.75) is 31.8 Å². The lowest BCUT2D eigenvalue weighted by atomic mass is 10.1. The molecule has 2 N–H and O–H groups in total. The molecule has 6 rings (SSSR count). The molecule has 1 saturated heterocycles. The van der Waals surface area contributed by atoms with E-state index in [9.17, 15) is 19.2 Å². The number of amides is 3. The Morgan fingerprint density at radius 1 is 0.931 bits per heavy atom. The Hall–Kier alpha value is -5.39. The predicted octanol–water partition coefficient (Wildman–Crippen LogP) is 4.17. The molecule has 2 aromatic heterocycles. The number of aryl methyl sites for hydroxylation is 1. The minimum Gasteiger partial charge on any atom is -0.409 e. The van der Waals surface area contributed by atoms with Crippen LogP contribution in [0.15, 0.2) is 77.7 Å². The van der Waals surface area contributed by atoms with Crippen LogP contribution in [0.5, 0.6) is 5.75 Å². The number of nitrogens with one attached hydrogen (secondary N) is 2. The van der Waals surface area contributed by atoms with Gasteiger partial charge in [-0.15, -0.1) is 5.10 Å². The van der Waals surface area contributed by atoms with Crippen LogP contribution >= 0.6 is 23.2 Å². The largest absolute Gasteiger partial charge is 0.415 e. The quantitative estimate of drug-likeness (QED) is 0.121. The molecule has 0 spiro atoms. The molecule has 0 aliphatic carbocycles. The van der Waals surface area contributed by atoms with E-state index in [2.05, 4.69) is 25.6 Å². The highest BCUT2D eigenvalue weighted by Gasteiger charge is 2.34. The number of aromatic nitrogens is 5. The summed E-state index contributed by atoms with van der Waals surface area (Å²) in [6.45, 7) is 3.47. The van der Waals surface area contributed by atoms with Crippen molar-refractivity contribution >= 4 is 52.0 Å². The van der Waals surface area contributed by atoms with Gasteiger partial charge in [-0.2, -0.15) is 0 Å². The third-order valence-electron chi connectivity index (χ3n) is 9.32. The molecule has 1 fully saturated rings. The SMILES string of the molecule is COCCOCCOCCn1cc(CCC(=O)N2CCN(C(=O)Oc3ccc(Cl)cc3-c3nc4ccc(Cl)cc4c(=O)[nH]3)C(CNC(=O)Cc3ccccc3)C2)nn1. The first-order chi connectivity index (χ1) is 28.2. The van der Waals surface area contributed by atoms with Crippen molar-refractivity contribution in [3.8, 4) is 17.1 Å². The van der Waals surface area contributed by atoms with Gasteiger partial charge in [0.05, 0.1) is 74.2 Å². The van der Waals surface area contributed by atoms with Gasteiger partial charge in [-0.1, -0.05) is 58.7 Å². The fourth-order valence-electron chi connectivity index (χ4n) is 6.32. The first-order valence-corrected chi connectivity index (χ1v) is 19.5. The van der Waals surface area contributed by atoms with Gasteiger partial charge in [0.25, 0.3) is 5.56 Å². The molecule has 0 bridgehead atoms. The second-order valence-corrected chi connectivity index (χ2v) is 14.3. The Morgan fingerprint density at radius 3 is 2.50 bits per heavy atom. The zero-order valence-electron chi connectivity index (χ0n) is 31.9. The van der Waals surface area contributed by atoms with E-state index in [4.69, 9.17) is 42.1 Å². The van der Waals surface area contributed by atoms with Gasteiger partial charge in [-0.05, 0) is 42.0 Å². The first-order valence-electron chi connectivity index (χ1n) is 18.8. The molecule has 5 aromatic rings.